The van der Waals surface area contributed by atoms with Crippen molar-refractivity contribution in [3.05, 3.63) is 65.0 Å². The molecule has 0 unspecified atom stereocenters. The van der Waals surface area contributed by atoms with Gasteiger partial charge in [0.1, 0.15) is 12.4 Å². The van der Waals surface area contributed by atoms with Gasteiger partial charge in [-0.2, -0.15) is 4.80 Å². The molecule has 0 aliphatic rings. The molecule has 3 rings (SSSR count). The molecule has 25 heavy (non-hydrogen) atoms. The Kier molecular flexibility index (Phi) is 4.97. The third-order valence-electron chi connectivity index (χ3n) is 4.10. The molecule has 0 bridgehead atoms. The molecule has 0 atom stereocenters. The second-order valence-electron chi connectivity index (χ2n) is 5.77. The van der Waals surface area contributed by atoms with Crippen molar-refractivity contribution >= 4 is 5.78 Å². The summed E-state index contributed by atoms with van der Waals surface area (Å²) in [5.41, 5.74) is 3.50. The van der Waals surface area contributed by atoms with Gasteiger partial charge in [-0.25, -0.2) is 4.39 Å². The molecule has 0 N–H and O–H groups in total. The highest BCUT2D eigenvalue weighted by molar-refractivity contribution is 5.97. The lowest BCUT2D eigenvalue weighted by molar-refractivity contribution is 0.0960. The number of hydrogen-bond donors (Lipinski definition) is 0. The van der Waals surface area contributed by atoms with Crippen molar-refractivity contribution in [2.24, 2.45) is 0 Å². The van der Waals surface area contributed by atoms with E-state index in [4.69, 9.17) is 0 Å². The SMILES string of the molecule is CCc1ccc(CC)c(C(=O)Cn2nnc(-c3ccc(F)cc3)n2)c1. The zero-order valence-electron chi connectivity index (χ0n) is 14.2. The Morgan fingerprint density at radius 1 is 1.08 bits per heavy atom. The lowest BCUT2D eigenvalue weighted by Crippen LogP contribution is -2.15. The normalized spacial score (nSPS) is 10.8. The van der Waals surface area contributed by atoms with Crippen LogP contribution in [0.3, 0.4) is 0 Å². The average molecular weight is 338 g/mol. The van der Waals surface area contributed by atoms with Crippen molar-refractivity contribution in [1.82, 2.24) is 20.2 Å². The van der Waals surface area contributed by atoms with Gasteiger partial charge in [-0.1, -0.05) is 26.0 Å². The predicted molar refractivity (Wildman–Crippen MR) is 92.7 cm³/mol. The number of Topliss-reactive ketones (excluding diaryl/α,β-unsaturated/α-hetero) is 1. The van der Waals surface area contributed by atoms with Crippen LogP contribution in [0.4, 0.5) is 4.39 Å². The molecule has 1 heterocycles. The van der Waals surface area contributed by atoms with Crippen LogP contribution in [-0.4, -0.2) is 26.0 Å². The molecule has 3 aromatic rings. The molecule has 6 heteroatoms. The summed E-state index contributed by atoms with van der Waals surface area (Å²) in [6, 6.07) is 11.8. The van der Waals surface area contributed by atoms with Gasteiger partial charge in [0.05, 0.1) is 0 Å². The fourth-order valence-electron chi connectivity index (χ4n) is 2.65. The number of aryl methyl sites for hydroxylation is 2. The number of rotatable bonds is 6. The zero-order chi connectivity index (χ0) is 17.8. The molecule has 128 valence electrons. The molecule has 1 aromatic heterocycles. The number of carbonyl (C=O) groups excluding carboxylic acids is 1. The van der Waals surface area contributed by atoms with Gasteiger partial charge >= 0.3 is 0 Å². The Hall–Kier alpha value is -2.89. The highest BCUT2D eigenvalue weighted by Gasteiger charge is 2.14. The van der Waals surface area contributed by atoms with E-state index in [2.05, 4.69) is 28.4 Å². The summed E-state index contributed by atoms with van der Waals surface area (Å²) in [7, 11) is 0. The maximum absolute atomic E-state index is 13.0. The summed E-state index contributed by atoms with van der Waals surface area (Å²) in [5.74, 6) is -0.00440. The molecule has 0 radical (unpaired) electrons. The smallest absolute Gasteiger partial charge is 0.204 e. The van der Waals surface area contributed by atoms with Gasteiger partial charge in [-0.15, -0.1) is 10.2 Å². The van der Waals surface area contributed by atoms with Crippen molar-refractivity contribution < 1.29 is 9.18 Å². The van der Waals surface area contributed by atoms with Gasteiger partial charge < -0.3 is 0 Å². The first kappa shape index (κ1) is 17.0. The fraction of sp³-hybridized carbons (Fsp3) is 0.263. The van der Waals surface area contributed by atoms with Gasteiger partial charge in [-0.05, 0) is 59.5 Å². The first-order valence-electron chi connectivity index (χ1n) is 8.29. The van der Waals surface area contributed by atoms with Gasteiger partial charge in [-0.3, -0.25) is 4.79 Å². The van der Waals surface area contributed by atoms with Crippen LogP contribution in [-0.2, 0) is 19.4 Å². The minimum Gasteiger partial charge on any atom is -0.292 e. The minimum atomic E-state index is -0.325. The Labute approximate surface area is 145 Å². The van der Waals surface area contributed by atoms with Crippen molar-refractivity contribution in [1.29, 1.82) is 0 Å². The van der Waals surface area contributed by atoms with Crippen LogP contribution < -0.4 is 0 Å². The van der Waals surface area contributed by atoms with Crippen LogP contribution in [0.15, 0.2) is 42.5 Å². The first-order valence-corrected chi connectivity index (χ1v) is 8.29. The van der Waals surface area contributed by atoms with E-state index in [9.17, 15) is 9.18 Å². The molecule has 0 aliphatic carbocycles. The summed E-state index contributed by atoms with van der Waals surface area (Å²) < 4.78 is 13.0. The number of hydrogen-bond acceptors (Lipinski definition) is 4. The molecule has 0 spiro atoms. The number of halogens is 1. The van der Waals surface area contributed by atoms with Crippen LogP contribution in [0.2, 0.25) is 0 Å². The summed E-state index contributed by atoms with van der Waals surface area (Å²) in [6.45, 7) is 4.11. The number of tetrazole rings is 1. The van der Waals surface area contributed by atoms with E-state index in [1.807, 2.05) is 19.1 Å². The Morgan fingerprint density at radius 2 is 1.84 bits per heavy atom. The second-order valence-corrected chi connectivity index (χ2v) is 5.77. The maximum atomic E-state index is 13.0. The van der Waals surface area contributed by atoms with E-state index in [1.165, 1.54) is 16.9 Å². The lowest BCUT2D eigenvalue weighted by Gasteiger charge is -2.08. The topological polar surface area (TPSA) is 60.7 Å². The molecule has 0 aliphatic heterocycles. The summed E-state index contributed by atoms with van der Waals surface area (Å²) in [6.07, 6.45) is 1.66. The highest BCUT2D eigenvalue weighted by atomic mass is 19.1. The summed E-state index contributed by atoms with van der Waals surface area (Å²) >= 11 is 0. The molecule has 0 amide bonds. The zero-order valence-corrected chi connectivity index (χ0v) is 14.2. The minimum absolute atomic E-state index is 0.0222. The average Bonchev–Trinajstić information content (AvgIpc) is 3.10. The number of ketones is 1. The Balaban J connectivity index is 1.81. The number of aromatic nitrogens is 4. The highest BCUT2D eigenvalue weighted by Crippen LogP contribution is 2.16. The van der Waals surface area contributed by atoms with Crippen LogP contribution in [0.1, 0.15) is 35.3 Å². The van der Waals surface area contributed by atoms with E-state index in [1.54, 1.807) is 12.1 Å². The molecule has 0 saturated heterocycles. The molecule has 0 fully saturated rings. The van der Waals surface area contributed by atoms with Crippen molar-refractivity contribution in [3.8, 4) is 11.4 Å². The summed E-state index contributed by atoms with van der Waals surface area (Å²) in [4.78, 5) is 14.0. The second kappa shape index (κ2) is 7.34. The van der Waals surface area contributed by atoms with Crippen molar-refractivity contribution in [2.45, 2.75) is 33.2 Å². The van der Waals surface area contributed by atoms with E-state index in [0.717, 1.165) is 24.0 Å². The largest absolute Gasteiger partial charge is 0.292 e. The molecule has 0 saturated carbocycles. The van der Waals surface area contributed by atoms with Gasteiger partial charge in [0.25, 0.3) is 0 Å². The number of carbonyl (C=O) groups is 1. The van der Waals surface area contributed by atoms with E-state index in [-0.39, 0.29) is 18.1 Å². The van der Waals surface area contributed by atoms with E-state index in [0.29, 0.717) is 17.0 Å². The number of benzene rings is 2. The van der Waals surface area contributed by atoms with Gasteiger partial charge in [0.2, 0.25) is 5.82 Å². The van der Waals surface area contributed by atoms with Crippen molar-refractivity contribution in [3.63, 3.8) is 0 Å². The third kappa shape index (κ3) is 3.79. The standard InChI is InChI=1S/C19H19FN4O/c1-3-13-5-6-14(4-2)17(11-13)18(25)12-24-22-19(21-23-24)15-7-9-16(20)10-8-15/h5-11H,3-4,12H2,1-2H3. The predicted octanol–water partition coefficient (Wildman–Crippen LogP) is 3.49. The summed E-state index contributed by atoms with van der Waals surface area (Å²) in [5, 5.41) is 12.1. The third-order valence-corrected chi connectivity index (χ3v) is 4.10. The molecule has 2 aromatic carbocycles. The first-order chi connectivity index (χ1) is 12.1. The maximum Gasteiger partial charge on any atom is 0.204 e. The fourth-order valence-corrected chi connectivity index (χ4v) is 2.65. The quantitative estimate of drug-likeness (QED) is 0.646. The van der Waals surface area contributed by atoms with E-state index >= 15 is 0 Å². The molecule has 5 nitrogen and oxygen atoms in total. The molecular formula is C19H19FN4O. The van der Waals surface area contributed by atoms with Gasteiger partial charge in [0.15, 0.2) is 5.78 Å². The van der Waals surface area contributed by atoms with Crippen LogP contribution >= 0.6 is 0 Å². The van der Waals surface area contributed by atoms with E-state index < -0.39 is 0 Å². The monoisotopic (exact) mass is 338 g/mol. The Morgan fingerprint density at radius 3 is 2.52 bits per heavy atom. The number of nitrogens with zero attached hydrogens (tertiary/aromatic N) is 4. The van der Waals surface area contributed by atoms with Crippen LogP contribution in [0.5, 0.6) is 0 Å². The molecular weight excluding hydrogens is 319 g/mol. The van der Waals surface area contributed by atoms with Crippen molar-refractivity contribution in [2.75, 3.05) is 0 Å². The lowest BCUT2D eigenvalue weighted by atomic mass is 9.98. The van der Waals surface area contributed by atoms with Crippen LogP contribution in [0.25, 0.3) is 11.4 Å². The Bertz CT molecular complexity index is 887. The van der Waals surface area contributed by atoms with Crippen LogP contribution in [0, 0.1) is 5.82 Å². The van der Waals surface area contributed by atoms with Gasteiger partial charge in [0, 0.05) is 11.1 Å².